The van der Waals surface area contributed by atoms with Gasteiger partial charge in [0.15, 0.2) is 0 Å². The van der Waals surface area contributed by atoms with Crippen LogP contribution >= 0.6 is 0 Å². The number of ether oxygens (including phenoxy) is 1. The molecule has 2 fully saturated rings. The van der Waals surface area contributed by atoms with Crippen LogP contribution in [0.2, 0.25) is 0 Å². The first kappa shape index (κ1) is 14.3. The topological polar surface area (TPSA) is 24.5 Å². The number of nitrogens with one attached hydrogen (secondary N) is 1. The Labute approximate surface area is 112 Å². The summed E-state index contributed by atoms with van der Waals surface area (Å²) < 4.78 is 5.31. The van der Waals surface area contributed by atoms with Crippen LogP contribution in [0.25, 0.3) is 0 Å². The highest BCUT2D eigenvalue weighted by molar-refractivity contribution is 4.90. The Hall–Kier alpha value is -0.120. The van der Waals surface area contributed by atoms with E-state index in [1.807, 2.05) is 6.92 Å². The minimum atomic E-state index is 0.825. The summed E-state index contributed by atoms with van der Waals surface area (Å²) in [6.45, 7) is 8.26. The highest BCUT2D eigenvalue weighted by Gasteiger charge is 2.39. The molecule has 0 spiro atoms. The molecule has 106 valence electrons. The van der Waals surface area contributed by atoms with Crippen molar-refractivity contribution in [3.8, 4) is 0 Å². The zero-order valence-corrected chi connectivity index (χ0v) is 12.2. The maximum atomic E-state index is 5.31. The van der Waals surface area contributed by atoms with Crippen LogP contribution in [0.3, 0.4) is 0 Å². The Balaban J connectivity index is 1.49. The summed E-state index contributed by atoms with van der Waals surface area (Å²) in [5, 5.41) is 3.44. The molecule has 0 amide bonds. The lowest BCUT2D eigenvalue weighted by Crippen LogP contribution is -2.35. The molecule has 0 aromatic heterocycles. The molecule has 1 N–H and O–H groups in total. The highest BCUT2D eigenvalue weighted by atomic mass is 16.5. The number of nitrogens with zero attached hydrogens (tertiary/aromatic N) is 1. The van der Waals surface area contributed by atoms with E-state index in [0.29, 0.717) is 0 Å². The van der Waals surface area contributed by atoms with Crippen molar-refractivity contribution in [1.29, 1.82) is 0 Å². The average Bonchev–Trinajstić information content (AvgIpc) is 2.95. The SMILES string of the molecule is CCOCCNCCN(C)CC1CC2CCC1C2. The number of likely N-dealkylation sites (N-methyl/N-ethyl adjacent to an activating group) is 1. The highest BCUT2D eigenvalue weighted by Crippen LogP contribution is 2.48. The lowest BCUT2D eigenvalue weighted by atomic mass is 9.88. The summed E-state index contributed by atoms with van der Waals surface area (Å²) in [6.07, 6.45) is 6.07. The zero-order chi connectivity index (χ0) is 12.8. The van der Waals surface area contributed by atoms with Crippen molar-refractivity contribution >= 4 is 0 Å². The Kier molecular flexibility index (Phi) is 5.93. The molecule has 0 aromatic rings. The van der Waals surface area contributed by atoms with Crippen LogP contribution in [-0.2, 0) is 4.74 Å². The smallest absolute Gasteiger partial charge is 0.0590 e. The average molecular weight is 254 g/mol. The quantitative estimate of drug-likeness (QED) is 0.637. The molecule has 0 saturated heterocycles. The summed E-state index contributed by atoms with van der Waals surface area (Å²) in [5.41, 5.74) is 0. The predicted octanol–water partition coefficient (Wildman–Crippen LogP) is 1.98. The maximum Gasteiger partial charge on any atom is 0.0590 e. The summed E-state index contributed by atoms with van der Waals surface area (Å²) >= 11 is 0. The van der Waals surface area contributed by atoms with E-state index in [-0.39, 0.29) is 0 Å². The zero-order valence-electron chi connectivity index (χ0n) is 12.2. The van der Waals surface area contributed by atoms with Gasteiger partial charge >= 0.3 is 0 Å². The van der Waals surface area contributed by atoms with Gasteiger partial charge in [0.05, 0.1) is 6.61 Å². The van der Waals surface area contributed by atoms with Gasteiger partial charge in [-0.05, 0) is 51.0 Å². The Morgan fingerprint density at radius 2 is 2.11 bits per heavy atom. The molecule has 0 aliphatic heterocycles. The fourth-order valence-corrected chi connectivity index (χ4v) is 3.78. The number of hydrogen-bond acceptors (Lipinski definition) is 3. The first-order valence-electron chi connectivity index (χ1n) is 7.76. The Bertz CT molecular complexity index is 235. The molecule has 2 bridgehead atoms. The van der Waals surface area contributed by atoms with Crippen molar-refractivity contribution < 1.29 is 4.74 Å². The molecule has 0 aromatic carbocycles. The van der Waals surface area contributed by atoms with Gasteiger partial charge in [0.2, 0.25) is 0 Å². The van der Waals surface area contributed by atoms with Crippen LogP contribution in [0.4, 0.5) is 0 Å². The van der Waals surface area contributed by atoms with E-state index >= 15 is 0 Å². The second kappa shape index (κ2) is 7.46. The van der Waals surface area contributed by atoms with Gasteiger partial charge in [-0.25, -0.2) is 0 Å². The fourth-order valence-electron chi connectivity index (χ4n) is 3.78. The van der Waals surface area contributed by atoms with Crippen LogP contribution in [0.15, 0.2) is 0 Å². The van der Waals surface area contributed by atoms with Crippen molar-refractivity contribution in [1.82, 2.24) is 10.2 Å². The van der Waals surface area contributed by atoms with Crippen LogP contribution in [0.5, 0.6) is 0 Å². The molecule has 3 nitrogen and oxygen atoms in total. The lowest BCUT2D eigenvalue weighted by Gasteiger charge is -2.27. The van der Waals surface area contributed by atoms with Crippen molar-refractivity contribution in [2.75, 3.05) is 46.4 Å². The third-order valence-corrected chi connectivity index (χ3v) is 4.73. The largest absolute Gasteiger partial charge is 0.380 e. The van der Waals surface area contributed by atoms with Crippen molar-refractivity contribution in [2.24, 2.45) is 17.8 Å². The Morgan fingerprint density at radius 1 is 1.22 bits per heavy atom. The lowest BCUT2D eigenvalue weighted by molar-refractivity contribution is 0.148. The van der Waals surface area contributed by atoms with E-state index in [2.05, 4.69) is 17.3 Å². The number of fused-ring (bicyclic) bond motifs is 2. The predicted molar refractivity (Wildman–Crippen MR) is 75.8 cm³/mol. The second-order valence-electron chi connectivity index (χ2n) is 6.14. The number of hydrogen-bond donors (Lipinski definition) is 1. The molecule has 0 radical (unpaired) electrons. The van der Waals surface area contributed by atoms with E-state index < -0.39 is 0 Å². The third kappa shape index (κ3) is 4.22. The van der Waals surface area contributed by atoms with Gasteiger partial charge in [-0.1, -0.05) is 6.42 Å². The maximum absolute atomic E-state index is 5.31. The van der Waals surface area contributed by atoms with Crippen LogP contribution in [0, 0.1) is 17.8 Å². The van der Waals surface area contributed by atoms with Crippen molar-refractivity contribution in [3.05, 3.63) is 0 Å². The minimum absolute atomic E-state index is 0.825. The van der Waals surface area contributed by atoms with Gasteiger partial charge < -0.3 is 15.0 Å². The summed E-state index contributed by atoms with van der Waals surface area (Å²) in [7, 11) is 2.27. The minimum Gasteiger partial charge on any atom is -0.380 e. The molecule has 3 unspecified atom stereocenters. The summed E-state index contributed by atoms with van der Waals surface area (Å²) in [6, 6.07) is 0. The van der Waals surface area contributed by atoms with Crippen LogP contribution in [0.1, 0.15) is 32.6 Å². The molecule has 18 heavy (non-hydrogen) atoms. The van der Waals surface area contributed by atoms with Crippen molar-refractivity contribution in [3.63, 3.8) is 0 Å². The van der Waals surface area contributed by atoms with Gasteiger partial charge in [0, 0.05) is 32.8 Å². The van der Waals surface area contributed by atoms with E-state index in [1.165, 1.54) is 38.8 Å². The molecule has 2 aliphatic rings. The van der Waals surface area contributed by atoms with Gasteiger partial charge in [-0.2, -0.15) is 0 Å². The van der Waals surface area contributed by atoms with Gasteiger partial charge in [-0.15, -0.1) is 0 Å². The van der Waals surface area contributed by atoms with E-state index in [0.717, 1.165) is 44.1 Å². The molecular weight excluding hydrogens is 224 g/mol. The molecule has 0 heterocycles. The van der Waals surface area contributed by atoms with Gasteiger partial charge in [0.25, 0.3) is 0 Å². The van der Waals surface area contributed by atoms with Crippen molar-refractivity contribution in [2.45, 2.75) is 32.6 Å². The van der Waals surface area contributed by atoms with E-state index in [4.69, 9.17) is 4.74 Å². The fraction of sp³-hybridized carbons (Fsp3) is 1.00. The second-order valence-corrected chi connectivity index (χ2v) is 6.14. The normalized spacial score (nSPS) is 30.5. The summed E-state index contributed by atoms with van der Waals surface area (Å²) in [5.74, 6) is 3.14. The van der Waals surface area contributed by atoms with Gasteiger partial charge in [-0.3, -0.25) is 0 Å². The molecule has 2 aliphatic carbocycles. The Morgan fingerprint density at radius 3 is 2.78 bits per heavy atom. The molecule has 3 atom stereocenters. The summed E-state index contributed by atoms with van der Waals surface area (Å²) in [4.78, 5) is 2.51. The van der Waals surface area contributed by atoms with Crippen LogP contribution < -0.4 is 5.32 Å². The van der Waals surface area contributed by atoms with Crippen LogP contribution in [-0.4, -0.2) is 51.3 Å². The third-order valence-electron chi connectivity index (χ3n) is 4.73. The standard InChI is InChI=1S/C15H30N2O/c1-3-18-9-7-16-6-8-17(2)12-15-11-13-4-5-14(15)10-13/h13-16H,3-12H2,1-2H3. The molecule has 3 heteroatoms. The monoisotopic (exact) mass is 254 g/mol. The number of rotatable bonds is 9. The van der Waals surface area contributed by atoms with E-state index in [9.17, 15) is 0 Å². The molecular formula is C15H30N2O. The molecule has 2 saturated carbocycles. The molecule has 2 rings (SSSR count). The first-order valence-corrected chi connectivity index (χ1v) is 7.76. The van der Waals surface area contributed by atoms with Gasteiger partial charge in [0.1, 0.15) is 0 Å². The first-order chi connectivity index (χ1) is 8.79. The van der Waals surface area contributed by atoms with E-state index in [1.54, 1.807) is 0 Å².